The second-order valence-electron chi connectivity index (χ2n) is 5.34. The van der Waals surface area contributed by atoms with Crippen molar-refractivity contribution in [2.24, 2.45) is 5.92 Å². The first-order valence-corrected chi connectivity index (χ1v) is 6.96. The first-order valence-electron chi connectivity index (χ1n) is 6.96. The maximum Gasteiger partial charge on any atom is 0.224 e. The van der Waals surface area contributed by atoms with E-state index in [1.807, 2.05) is 19.1 Å². The molecule has 0 spiro atoms. The molecule has 0 fully saturated rings. The SMILES string of the molecule is COc1cc(CC(=O)NCCC(C)C)c(OC)cc1C. The molecule has 1 aromatic rings. The standard InChI is InChI=1S/C16H25NO3/c1-11(2)6-7-17-16(18)10-13-9-14(19-4)12(3)8-15(13)20-5/h8-9,11H,6-7,10H2,1-5H3,(H,17,18). The zero-order valence-electron chi connectivity index (χ0n) is 13.1. The van der Waals surface area contributed by atoms with Crippen molar-refractivity contribution in [3.8, 4) is 11.5 Å². The zero-order valence-corrected chi connectivity index (χ0v) is 13.1. The van der Waals surface area contributed by atoms with Gasteiger partial charge in [0.1, 0.15) is 11.5 Å². The number of hydrogen-bond acceptors (Lipinski definition) is 3. The fourth-order valence-corrected chi connectivity index (χ4v) is 1.99. The van der Waals surface area contributed by atoms with E-state index in [2.05, 4.69) is 19.2 Å². The van der Waals surface area contributed by atoms with Gasteiger partial charge in [0.2, 0.25) is 5.91 Å². The van der Waals surface area contributed by atoms with Crippen molar-refractivity contribution in [3.63, 3.8) is 0 Å². The Bertz CT molecular complexity index is 455. The molecule has 4 nitrogen and oxygen atoms in total. The van der Waals surface area contributed by atoms with Crippen LogP contribution in [-0.2, 0) is 11.2 Å². The van der Waals surface area contributed by atoms with Gasteiger partial charge in [0.15, 0.2) is 0 Å². The number of hydrogen-bond donors (Lipinski definition) is 1. The lowest BCUT2D eigenvalue weighted by Crippen LogP contribution is -2.27. The van der Waals surface area contributed by atoms with E-state index in [-0.39, 0.29) is 5.91 Å². The Labute approximate surface area is 121 Å². The quantitative estimate of drug-likeness (QED) is 0.835. The molecule has 1 N–H and O–H groups in total. The topological polar surface area (TPSA) is 47.6 Å². The van der Waals surface area contributed by atoms with Gasteiger partial charge < -0.3 is 14.8 Å². The number of aryl methyl sites for hydroxylation is 1. The molecule has 20 heavy (non-hydrogen) atoms. The fourth-order valence-electron chi connectivity index (χ4n) is 1.99. The van der Waals surface area contributed by atoms with Crippen LogP contribution >= 0.6 is 0 Å². The minimum absolute atomic E-state index is 0.00913. The molecule has 1 aromatic carbocycles. The van der Waals surface area contributed by atoms with Gasteiger partial charge in [-0.25, -0.2) is 0 Å². The summed E-state index contributed by atoms with van der Waals surface area (Å²) in [5.41, 5.74) is 1.84. The second kappa shape index (κ2) is 7.78. The van der Waals surface area contributed by atoms with Crippen molar-refractivity contribution in [2.45, 2.75) is 33.6 Å². The van der Waals surface area contributed by atoms with Gasteiger partial charge in [0.25, 0.3) is 0 Å². The molecular weight excluding hydrogens is 254 g/mol. The second-order valence-corrected chi connectivity index (χ2v) is 5.34. The third kappa shape index (κ3) is 4.76. The monoisotopic (exact) mass is 279 g/mol. The molecule has 0 unspecified atom stereocenters. The van der Waals surface area contributed by atoms with Crippen LogP contribution in [0.4, 0.5) is 0 Å². The largest absolute Gasteiger partial charge is 0.496 e. The van der Waals surface area contributed by atoms with Crippen LogP contribution < -0.4 is 14.8 Å². The van der Waals surface area contributed by atoms with E-state index in [4.69, 9.17) is 9.47 Å². The summed E-state index contributed by atoms with van der Waals surface area (Å²) >= 11 is 0. The summed E-state index contributed by atoms with van der Waals surface area (Å²) < 4.78 is 10.6. The molecule has 0 aliphatic rings. The van der Waals surface area contributed by atoms with Gasteiger partial charge >= 0.3 is 0 Å². The fraction of sp³-hybridized carbons (Fsp3) is 0.562. The molecule has 0 aliphatic heterocycles. The Morgan fingerprint density at radius 1 is 1.20 bits per heavy atom. The van der Waals surface area contributed by atoms with Crippen molar-refractivity contribution in [1.29, 1.82) is 0 Å². The van der Waals surface area contributed by atoms with Gasteiger partial charge in [-0.15, -0.1) is 0 Å². The highest BCUT2D eigenvalue weighted by Gasteiger charge is 2.12. The van der Waals surface area contributed by atoms with E-state index >= 15 is 0 Å². The third-order valence-corrected chi connectivity index (χ3v) is 3.19. The van der Waals surface area contributed by atoms with Gasteiger partial charge in [-0.3, -0.25) is 4.79 Å². The van der Waals surface area contributed by atoms with Crippen LogP contribution in [0.3, 0.4) is 0 Å². The van der Waals surface area contributed by atoms with Crippen molar-refractivity contribution in [1.82, 2.24) is 5.32 Å². The summed E-state index contributed by atoms with van der Waals surface area (Å²) in [6, 6.07) is 3.77. The van der Waals surface area contributed by atoms with Crippen molar-refractivity contribution in [3.05, 3.63) is 23.3 Å². The average molecular weight is 279 g/mol. The van der Waals surface area contributed by atoms with Gasteiger partial charge in [-0.1, -0.05) is 13.8 Å². The Balaban J connectivity index is 2.72. The number of carbonyl (C=O) groups excluding carboxylic acids is 1. The van der Waals surface area contributed by atoms with Gasteiger partial charge in [0.05, 0.1) is 20.6 Å². The zero-order chi connectivity index (χ0) is 15.1. The van der Waals surface area contributed by atoms with Crippen LogP contribution in [0.25, 0.3) is 0 Å². The average Bonchev–Trinajstić information content (AvgIpc) is 2.39. The van der Waals surface area contributed by atoms with E-state index in [0.29, 0.717) is 18.9 Å². The normalized spacial score (nSPS) is 10.5. The molecule has 0 atom stereocenters. The number of amides is 1. The molecular formula is C16H25NO3. The first kappa shape index (κ1) is 16.3. The number of methoxy groups -OCH3 is 2. The summed E-state index contributed by atoms with van der Waals surface area (Å²) in [5.74, 6) is 2.09. The van der Waals surface area contributed by atoms with E-state index in [9.17, 15) is 4.79 Å². The van der Waals surface area contributed by atoms with E-state index in [1.165, 1.54) is 0 Å². The van der Waals surface area contributed by atoms with Crippen LogP contribution in [-0.4, -0.2) is 26.7 Å². The molecule has 0 aromatic heterocycles. The van der Waals surface area contributed by atoms with E-state index < -0.39 is 0 Å². The molecule has 0 heterocycles. The van der Waals surface area contributed by atoms with Crippen LogP contribution in [0.5, 0.6) is 11.5 Å². The third-order valence-electron chi connectivity index (χ3n) is 3.19. The van der Waals surface area contributed by atoms with Crippen molar-refractivity contribution < 1.29 is 14.3 Å². The van der Waals surface area contributed by atoms with Crippen LogP contribution in [0.15, 0.2) is 12.1 Å². The summed E-state index contributed by atoms with van der Waals surface area (Å²) in [7, 11) is 3.24. The highest BCUT2D eigenvalue weighted by atomic mass is 16.5. The predicted molar refractivity (Wildman–Crippen MR) is 80.5 cm³/mol. The lowest BCUT2D eigenvalue weighted by molar-refractivity contribution is -0.120. The molecule has 0 saturated carbocycles. The molecule has 0 saturated heterocycles. The number of benzene rings is 1. The molecule has 112 valence electrons. The van der Waals surface area contributed by atoms with Crippen molar-refractivity contribution in [2.75, 3.05) is 20.8 Å². The molecule has 0 radical (unpaired) electrons. The number of nitrogens with one attached hydrogen (secondary N) is 1. The van der Waals surface area contributed by atoms with E-state index in [0.717, 1.165) is 29.0 Å². The minimum atomic E-state index is 0.00913. The Morgan fingerprint density at radius 2 is 1.85 bits per heavy atom. The van der Waals surface area contributed by atoms with E-state index in [1.54, 1.807) is 14.2 Å². The Morgan fingerprint density at radius 3 is 2.40 bits per heavy atom. The van der Waals surface area contributed by atoms with Crippen LogP contribution in [0, 0.1) is 12.8 Å². The highest BCUT2D eigenvalue weighted by molar-refractivity contribution is 5.79. The lowest BCUT2D eigenvalue weighted by atomic mass is 10.1. The summed E-state index contributed by atoms with van der Waals surface area (Å²) in [5, 5.41) is 2.93. The molecule has 1 amide bonds. The van der Waals surface area contributed by atoms with Gasteiger partial charge in [-0.05, 0) is 37.0 Å². The highest BCUT2D eigenvalue weighted by Crippen LogP contribution is 2.28. The Kier molecular flexibility index (Phi) is 6.36. The number of ether oxygens (including phenoxy) is 2. The molecule has 1 rings (SSSR count). The Hall–Kier alpha value is -1.71. The number of rotatable bonds is 7. The summed E-state index contributed by atoms with van der Waals surface area (Å²) in [6.07, 6.45) is 1.29. The predicted octanol–water partition coefficient (Wildman–Crippen LogP) is 2.72. The number of carbonyl (C=O) groups is 1. The molecule has 0 bridgehead atoms. The summed E-state index contributed by atoms with van der Waals surface area (Å²) in [6.45, 7) is 6.94. The lowest BCUT2D eigenvalue weighted by Gasteiger charge is -2.13. The van der Waals surface area contributed by atoms with Gasteiger partial charge in [-0.2, -0.15) is 0 Å². The maximum absolute atomic E-state index is 11.9. The molecule has 0 aliphatic carbocycles. The molecule has 4 heteroatoms. The van der Waals surface area contributed by atoms with Gasteiger partial charge in [0, 0.05) is 12.1 Å². The minimum Gasteiger partial charge on any atom is -0.496 e. The van der Waals surface area contributed by atoms with Crippen molar-refractivity contribution >= 4 is 5.91 Å². The first-order chi connectivity index (χ1) is 9.47. The summed E-state index contributed by atoms with van der Waals surface area (Å²) in [4.78, 5) is 11.9. The maximum atomic E-state index is 11.9. The van der Waals surface area contributed by atoms with Crippen LogP contribution in [0.1, 0.15) is 31.4 Å². The smallest absolute Gasteiger partial charge is 0.224 e. The van der Waals surface area contributed by atoms with Crippen LogP contribution in [0.2, 0.25) is 0 Å².